The van der Waals surface area contributed by atoms with Crippen molar-refractivity contribution in [1.82, 2.24) is 4.90 Å². The lowest BCUT2D eigenvalue weighted by Gasteiger charge is -2.29. The third kappa shape index (κ3) is 3.21. The lowest BCUT2D eigenvalue weighted by molar-refractivity contribution is -0.00606. The average Bonchev–Trinajstić information content (AvgIpc) is 3.02. The monoisotopic (exact) mass is 261 g/mol. The molecule has 0 aromatic carbocycles. The van der Waals surface area contributed by atoms with Crippen LogP contribution in [0.5, 0.6) is 0 Å². The molecule has 14 heavy (non-hydrogen) atoms. The molecule has 1 aliphatic carbocycles. The Hall–Kier alpha value is 0.400. The fourth-order valence-corrected chi connectivity index (χ4v) is 2.64. The van der Waals surface area contributed by atoms with Gasteiger partial charge < -0.3 is 4.74 Å². The second-order valence-corrected chi connectivity index (χ2v) is 5.20. The molecule has 0 aromatic rings. The molecule has 1 saturated heterocycles. The molecule has 0 N–H and O–H groups in total. The SMILES string of the molecule is BrCCN(CC1CCCCO1)C1CC1. The topological polar surface area (TPSA) is 12.5 Å². The second kappa shape index (κ2) is 5.47. The Labute approximate surface area is 95.1 Å². The molecular formula is C11H20BrNO. The van der Waals surface area contributed by atoms with Crippen LogP contribution in [-0.4, -0.2) is 42.1 Å². The smallest absolute Gasteiger partial charge is 0.0702 e. The molecule has 82 valence electrons. The van der Waals surface area contributed by atoms with Gasteiger partial charge in [-0.1, -0.05) is 15.9 Å². The predicted molar refractivity (Wildman–Crippen MR) is 62.0 cm³/mol. The molecule has 3 heteroatoms. The largest absolute Gasteiger partial charge is 0.377 e. The van der Waals surface area contributed by atoms with Crippen LogP contribution in [0.15, 0.2) is 0 Å². The van der Waals surface area contributed by atoms with Gasteiger partial charge in [-0.2, -0.15) is 0 Å². The summed E-state index contributed by atoms with van der Waals surface area (Å²) in [5, 5.41) is 1.09. The highest BCUT2D eigenvalue weighted by molar-refractivity contribution is 9.09. The molecule has 1 heterocycles. The van der Waals surface area contributed by atoms with Gasteiger partial charge in [0.1, 0.15) is 0 Å². The summed E-state index contributed by atoms with van der Waals surface area (Å²) in [5.74, 6) is 0. The van der Waals surface area contributed by atoms with Crippen molar-refractivity contribution in [3.8, 4) is 0 Å². The summed E-state index contributed by atoms with van der Waals surface area (Å²) in [4.78, 5) is 2.60. The summed E-state index contributed by atoms with van der Waals surface area (Å²) in [5.41, 5.74) is 0. The normalized spacial score (nSPS) is 28.3. The van der Waals surface area contributed by atoms with Crippen LogP contribution in [0.3, 0.4) is 0 Å². The Morgan fingerprint density at radius 2 is 2.07 bits per heavy atom. The zero-order chi connectivity index (χ0) is 9.80. The standard InChI is InChI=1S/C11H20BrNO/c12-6-7-13(10-4-5-10)9-11-3-1-2-8-14-11/h10-11H,1-9H2. The van der Waals surface area contributed by atoms with E-state index in [1.807, 2.05) is 0 Å². The predicted octanol–water partition coefficient (Wildman–Crippen LogP) is 2.41. The number of hydrogen-bond acceptors (Lipinski definition) is 2. The third-order valence-electron chi connectivity index (χ3n) is 3.15. The lowest BCUT2D eigenvalue weighted by Crippen LogP contribution is -2.38. The number of hydrogen-bond donors (Lipinski definition) is 0. The maximum Gasteiger partial charge on any atom is 0.0702 e. The van der Waals surface area contributed by atoms with E-state index < -0.39 is 0 Å². The van der Waals surface area contributed by atoms with Crippen molar-refractivity contribution in [3.63, 3.8) is 0 Å². The van der Waals surface area contributed by atoms with Crippen LogP contribution in [0.4, 0.5) is 0 Å². The van der Waals surface area contributed by atoms with Gasteiger partial charge >= 0.3 is 0 Å². The van der Waals surface area contributed by atoms with E-state index in [0.717, 1.165) is 24.5 Å². The number of ether oxygens (including phenoxy) is 1. The molecule has 1 atom stereocenters. The van der Waals surface area contributed by atoms with Crippen molar-refractivity contribution in [2.45, 2.75) is 44.2 Å². The number of alkyl halides is 1. The first kappa shape index (κ1) is 10.9. The van der Waals surface area contributed by atoms with Crippen molar-refractivity contribution < 1.29 is 4.74 Å². The van der Waals surface area contributed by atoms with Crippen molar-refractivity contribution in [2.75, 3.05) is 25.0 Å². The van der Waals surface area contributed by atoms with Crippen molar-refractivity contribution in [1.29, 1.82) is 0 Å². The van der Waals surface area contributed by atoms with E-state index >= 15 is 0 Å². The van der Waals surface area contributed by atoms with E-state index in [1.165, 1.54) is 38.6 Å². The second-order valence-electron chi connectivity index (χ2n) is 4.40. The maximum absolute atomic E-state index is 5.78. The molecule has 0 spiro atoms. The van der Waals surface area contributed by atoms with Crippen LogP contribution in [0, 0.1) is 0 Å². The van der Waals surface area contributed by atoms with Gasteiger partial charge in [0.2, 0.25) is 0 Å². The van der Waals surface area contributed by atoms with Crippen LogP contribution in [0.1, 0.15) is 32.1 Å². The van der Waals surface area contributed by atoms with Gasteiger partial charge in [-0.3, -0.25) is 4.90 Å². The molecule has 0 aromatic heterocycles. The van der Waals surface area contributed by atoms with Crippen LogP contribution < -0.4 is 0 Å². The van der Waals surface area contributed by atoms with E-state index in [0.29, 0.717) is 6.10 Å². The minimum absolute atomic E-state index is 0.517. The molecule has 1 saturated carbocycles. The van der Waals surface area contributed by atoms with Crippen LogP contribution in [-0.2, 0) is 4.74 Å². The van der Waals surface area contributed by atoms with Gasteiger partial charge in [0.15, 0.2) is 0 Å². The summed E-state index contributed by atoms with van der Waals surface area (Å²) >= 11 is 3.53. The maximum atomic E-state index is 5.78. The van der Waals surface area contributed by atoms with Crippen molar-refractivity contribution in [2.24, 2.45) is 0 Å². The van der Waals surface area contributed by atoms with Crippen molar-refractivity contribution >= 4 is 15.9 Å². The van der Waals surface area contributed by atoms with Gasteiger partial charge in [-0.15, -0.1) is 0 Å². The van der Waals surface area contributed by atoms with Crippen LogP contribution in [0.25, 0.3) is 0 Å². The van der Waals surface area contributed by atoms with E-state index in [4.69, 9.17) is 4.74 Å². The minimum atomic E-state index is 0.517. The summed E-state index contributed by atoms with van der Waals surface area (Å²) in [6.07, 6.45) is 7.21. The van der Waals surface area contributed by atoms with Gasteiger partial charge in [0, 0.05) is 31.1 Å². The highest BCUT2D eigenvalue weighted by atomic mass is 79.9. The average molecular weight is 262 g/mol. The van der Waals surface area contributed by atoms with Crippen LogP contribution in [0.2, 0.25) is 0 Å². The quantitative estimate of drug-likeness (QED) is 0.705. The summed E-state index contributed by atoms with van der Waals surface area (Å²) in [6, 6.07) is 0.873. The van der Waals surface area contributed by atoms with E-state index in [2.05, 4.69) is 20.8 Å². The molecule has 1 aliphatic heterocycles. The zero-order valence-corrected chi connectivity index (χ0v) is 10.3. The lowest BCUT2D eigenvalue weighted by atomic mass is 10.1. The first-order valence-corrected chi connectivity index (χ1v) is 6.94. The first-order valence-electron chi connectivity index (χ1n) is 5.82. The molecular weight excluding hydrogens is 242 g/mol. The van der Waals surface area contributed by atoms with Gasteiger partial charge in [0.05, 0.1) is 6.10 Å². The number of rotatable bonds is 5. The zero-order valence-electron chi connectivity index (χ0n) is 8.75. The molecule has 2 fully saturated rings. The summed E-state index contributed by atoms with van der Waals surface area (Å²) < 4.78 is 5.78. The van der Waals surface area contributed by atoms with Gasteiger partial charge in [0.25, 0.3) is 0 Å². The van der Waals surface area contributed by atoms with Gasteiger partial charge in [-0.05, 0) is 32.1 Å². The Kier molecular flexibility index (Phi) is 4.26. The molecule has 0 amide bonds. The summed E-state index contributed by atoms with van der Waals surface area (Å²) in [6.45, 7) is 3.33. The highest BCUT2D eigenvalue weighted by Crippen LogP contribution is 2.28. The fourth-order valence-electron chi connectivity index (χ4n) is 2.18. The molecule has 2 nitrogen and oxygen atoms in total. The first-order chi connectivity index (χ1) is 6.90. The molecule has 2 aliphatic rings. The van der Waals surface area contributed by atoms with E-state index in [9.17, 15) is 0 Å². The Bertz CT molecular complexity index is 167. The van der Waals surface area contributed by atoms with Gasteiger partial charge in [-0.25, -0.2) is 0 Å². The van der Waals surface area contributed by atoms with Crippen LogP contribution >= 0.6 is 15.9 Å². The number of nitrogens with zero attached hydrogens (tertiary/aromatic N) is 1. The molecule has 1 unspecified atom stereocenters. The minimum Gasteiger partial charge on any atom is -0.377 e. The van der Waals surface area contributed by atoms with Crippen molar-refractivity contribution in [3.05, 3.63) is 0 Å². The fraction of sp³-hybridized carbons (Fsp3) is 1.00. The Morgan fingerprint density at radius 3 is 2.64 bits per heavy atom. The summed E-state index contributed by atoms with van der Waals surface area (Å²) in [7, 11) is 0. The number of halogens is 1. The molecule has 0 radical (unpaired) electrons. The Morgan fingerprint density at radius 1 is 1.21 bits per heavy atom. The van der Waals surface area contributed by atoms with E-state index in [1.54, 1.807) is 0 Å². The molecule has 0 bridgehead atoms. The van der Waals surface area contributed by atoms with E-state index in [-0.39, 0.29) is 0 Å². The molecule has 2 rings (SSSR count). The Balaban J connectivity index is 1.73. The third-order valence-corrected chi connectivity index (χ3v) is 3.50. The highest BCUT2D eigenvalue weighted by Gasteiger charge is 2.30.